The molecule has 7 heteroatoms. The van der Waals surface area contributed by atoms with Crippen LogP contribution in [0.1, 0.15) is 16.8 Å². The zero-order valence-corrected chi connectivity index (χ0v) is 13.0. The molecule has 1 amide bonds. The topological polar surface area (TPSA) is 74.7 Å². The normalized spacial score (nSPS) is 20.5. The monoisotopic (exact) mass is 337 g/mol. The molecule has 1 aromatic carbocycles. The van der Waals surface area contributed by atoms with Gasteiger partial charge in [0.15, 0.2) is 5.78 Å². The quantitative estimate of drug-likeness (QED) is 0.854. The van der Waals surface area contributed by atoms with E-state index in [-0.39, 0.29) is 18.1 Å². The van der Waals surface area contributed by atoms with Gasteiger partial charge in [0.25, 0.3) is 0 Å². The molecule has 5 nitrogen and oxygen atoms in total. The molecule has 22 heavy (non-hydrogen) atoms. The summed E-state index contributed by atoms with van der Waals surface area (Å²) in [6.07, 6.45) is -0.367. The van der Waals surface area contributed by atoms with Crippen molar-refractivity contribution >= 4 is 41.0 Å². The SMILES string of the molecule is O=C(O)CC1C(=O)N2CCSC2=C1C(=O)c1ccc(Cl)cc1. The van der Waals surface area contributed by atoms with Gasteiger partial charge in [-0.1, -0.05) is 11.6 Å². The summed E-state index contributed by atoms with van der Waals surface area (Å²) >= 11 is 7.25. The highest BCUT2D eigenvalue weighted by atomic mass is 35.5. The summed E-state index contributed by atoms with van der Waals surface area (Å²) < 4.78 is 0. The van der Waals surface area contributed by atoms with Crippen LogP contribution < -0.4 is 0 Å². The highest BCUT2D eigenvalue weighted by Gasteiger charge is 2.45. The van der Waals surface area contributed by atoms with Crippen molar-refractivity contribution in [2.45, 2.75) is 6.42 Å². The van der Waals surface area contributed by atoms with Crippen molar-refractivity contribution in [2.24, 2.45) is 5.92 Å². The molecule has 0 saturated carbocycles. The predicted octanol–water partition coefficient (Wildman–Crippen LogP) is 2.41. The fraction of sp³-hybridized carbons (Fsp3) is 0.267. The minimum absolute atomic E-state index is 0.292. The fourth-order valence-electron chi connectivity index (χ4n) is 2.68. The number of thioether (sulfide) groups is 1. The Hall–Kier alpha value is -1.79. The number of halogens is 1. The third kappa shape index (κ3) is 2.53. The lowest BCUT2D eigenvalue weighted by Crippen LogP contribution is -2.29. The van der Waals surface area contributed by atoms with Crippen LogP contribution in [0.3, 0.4) is 0 Å². The summed E-state index contributed by atoms with van der Waals surface area (Å²) in [7, 11) is 0. The Balaban J connectivity index is 2.02. The van der Waals surface area contributed by atoms with Crippen molar-refractivity contribution in [1.82, 2.24) is 4.90 Å². The molecule has 1 unspecified atom stereocenters. The number of carboxylic acid groups (broad SMARTS) is 1. The molecular weight excluding hydrogens is 326 g/mol. The van der Waals surface area contributed by atoms with Crippen LogP contribution >= 0.6 is 23.4 Å². The summed E-state index contributed by atoms with van der Waals surface area (Å²) in [4.78, 5) is 37.7. The highest BCUT2D eigenvalue weighted by Crippen LogP contribution is 2.43. The Morgan fingerprint density at radius 2 is 2.00 bits per heavy atom. The number of ketones is 1. The first-order chi connectivity index (χ1) is 10.5. The van der Waals surface area contributed by atoms with Gasteiger partial charge in [-0.15, -0.1) is 11.8 Å². The average Bonchev–Trinajstić information content (AvgIpc) is 3.03. The number of hydrogen-bond acceptors (Lipinski definition) is 4. The van der Waals surface area contributed by atoms with E-state index >= 15 is 0 Å². The zero-order valence-electron chi connectivity index (χ0n) is 11.4. The van der Waals surface area contributed by atoms with Crippen LogP contribution in [-0.4, -0.2) is 40.0 Å². The minimum atomic E-state index is -1.09. The van der Waals surface area contributed by atoms with Gasteiger partial charge < -0.3 is 10.0 Å². The van der Waals surface area contributed by atoms with Crippen molar-refractivity contribution in [2.75, 3.05) is 12.3 Å². The van der Waals surface area contributed by atoms with Gasteiger partial charge in [0.2, 0.25) is 5.91 Å². The van der Waals surface area contributed by atoms with Crippen LogP contribution in [0.25, 0.3) is 0 Å². The molecule has 2 heterocycles. The standard InChI is InChI=1S/C15H12ClNO4S/c16-9-3-1-8(2-4-9)13(20)12-10(7-11(18)19)14(21)17-5-6-22-15(12)17/h1-4,10H,5-7H2,(H,18,19). The number of Topliss-reactive ketones (excluding diaryl/α,β-unsaturated/α-hetero) is 1. The average molecular weight is 338 g/mol. The number of carbonyl (C=O) groups is 3. The molecule has 3 rings (SSSR count). The number of benzene rings is 1. The van der Waals surface area contributed by atoms with Gasteiger partial charge >= 0.3 is 5.97 Å². The van der Waals surface area contributed by atoms with E-state index in [1.165, 1.54) is 16.7 Å². The van der Waals surface area contributed by atoms with Crippen molar-refractivity contribution < 1.29 is 19.5 Å². The summed E-state index contributed by atoms with van der Waals surface area (Å²) in [5.41, 5.74) is 0.710. The molecule has 1 fully saturated rings. The smallest absolute Gasteiger partial charge is 0.304 e. The van der Waals surface area contributed by atoms with Crippen LogP contribution in [-0.2, 0) is 9.59 Å². The molecule has 1 aromatic rings. The second-order valence-corrected chi connectivity index (χ2v) is 6.56. The molecule has 0 radical (unpaired) electrons. The zero-order chi connectivity index (χ0) is 15.9. The van der Waals surface area contributed by atoms with E-state index in [4.69, 9.17) is 16.7 Å². The van der Waals surface area contributed by atoms with Crippen LogP contribution in [0.15, 0.2) is 34.9 Å². The van der Waals surface area contributed by atoms with Gasteiger partial charge in [0.1, 0.15) is 0 Å². The second kappa shape index (κ2) is 5.78. The largest absolute Gasteiger partial charge is 0.481 e. The number of rotatable bonds is 4. The van der Waals surface area contributed by atoms with E-state index in [2.05, 4.69) is 0 Å². The predicted molar refractivity (Wildman–Crippen MR) is 82.7 cm³/mol. The summed E-state index contributed by atoms with van der Waals surface area (Å²) in [5, 5.41) is 10.2. The Morgan fingerprint density at radius 1 is 1.32 bits per heavy atom. The first-order valence-electron chi connectivity index (χ1n) is 6.69. The van der Waals surface area contributed by atoms with Gasteiger partial charge in [-0.05, 0) is 24.3 Å². The molecular formula is C15H12ClNO4S. The maximum Gasteiger partial charge on any atom is 0.304 e. The van der Waals surface area contributed by atoms with E-state index in [1.807, 2.05) is 0 Å². The maximum atomic E-state index is 12.8. The second-order valence-electron chi connectivity index (χ2n) is 5.04. The number of fused-ring (bicyclic) bond motifs is 1. The molecule has 1 atom stereocenters. The van der Waals surface area contributed by atoms with E-state index in [9.17, 15) is 14.4 Å². The van der Waals surface area contributed by atoms with Crippen molar-refractivity contribution in [3.63, 3.8) is 0 Å². The van der Waals surface area contributed by atoms with E-state index in [0.717, 1.165) is 5.75 Å². The molecule has 0 aliphatic carbocycles. The third-order valence-electron chi connectivity index (χ3n) is 3.67. The molecule has 1 saturated heterocycles. The minimum Gasteiger partial charge on any atom is -0.481 e. The summed E-state index contributed by atoms with van der Waals surface area (Å²) in [6, 6.07) is 6.37. The van der Waals surface area contributed by atoms with Crippen LogP contribution in [0.2, 0.25) is 5.02 Å². The number of amides is 1. The van der Waals surface area contributed by atoms with Gasteiger partial charge in [-0.3, -0.25) is 14.4 Å². The molecule has 114 valence electrons. The van der Waals surface area contributed by atoms with Crippen molar-refractivity contribution in [3.8, 4) is 0 Å². The molecule has 0 bridgehead atoms. The Kier molecular flexibility index (Phi) is 3.97. The number of carboxylic acids is 1. The number of nitrogens with zero attached hydrogens (tertiary/aromatic N) is 1. The van der Waals surface area contributed by atoms with E-state index < -0.39 is 11.9 Å². The first-order valence-corrected chi connectivity index (χ1v) is 8.06. The van der Waals surface area contributed by atoms with Gasteiger partial charge in [-0.2, -0.15) is 0 Å². The van der Waals surface area contributed by atoms with E-state index in [1.54, 1.807) is 24.3 Å². The highest BCUT2D eigenvalue weighted by molar-refractivity contribution is 8.03. The number of carbonyl (C=O) groups excluding carboxylic acids is 2. The Morgan fingerprint density at radius 3 is 2.64 bits per heavy atom. The molecule has 1 N–H and O–H groups in total. The first kappa shape index (κ1) is 15.1. The van der Waals surface area contributed by atoms with Gasteiger partial charge in [0.05, 0.1) is 17.4 Å². The Labute approximate surface area is 135 Å². The van der Waals surface area contributed by atoms with Crippen LogP contribution in [0.5, 0.6) is 0 Å². The lowest BCUT2D eigenvalue weighted by molar-refractivity contribution is -0.141. The molecule has 2 aliphatic rings. The summed E-state index contributed by atoms with van der Waals surface area (Å²) in [6.45, 7) is 0.520. The summed E-state index contributed by atoms with van der Waals surface area (Å²) in [5.74, 6) is -1.86. The third-order valence-corrected chi connectivity index (χ3v) is 5.02. The Bertz CT molecular complexity index is 698. The number of hydrogen-bond donors (Lipinski definition) is 1. The van der Waals surface area contributed by atoms with Crippen molar-refractivity contribution in [3.05, 3.63) is 45.5 Å². The van der Waals surface area contributed by atoms with Crippen molar-refractivity contribution in [1.29, 1.82) is 0 Å². The molecule has 2 aliphatic heterocycles. The lowest BCUT2D eigenvalue weighted by Gasteiger charge is -2.12. The molecule has 0 aromatic heterocycles. The maximum absolute atomic E-state index is 12.8. The number of aliphatic carboxylic acids is 1. The van der Waals surface area contributed by atoms with Crippen LogP contribution in [0.4, 0.5) is 0 Å². The fourth-order valence-corrected chi connectivity index (χ4v) is 4.00. The van der Waals surface area contributed by atoms with E-state index in [0.29, 0.717) is 27.7 Å². The molecule has 0 spiro atoms. The van der Waals surface area contributed by atoms with Gasteiger partial charge in [0, 0.05) is 28.5 Å². The van der Waals surface area contributed by atoms with Crippen LogP contribution in [0, 0.1) is 5.92 Å². The lowest BCUT2D eigenvalue weighted by atomic mass is 9.91. The van der Waals surface area contributed by atoms with Gasteiger partial charge in [-0.25, -0.2) is 0 Å².